The average Bonchev–Trinajstić information content (AvgIpc) is 3.38. The van der Waals surface area contributed by atoms with Gasteiger partial charge in [-0.15, -0.1) is 0 Å². The summed E-state index contributed by atoms with van der Waals surface area (Å²) in [6.45, 7) is 7.81. The molecule has 0 radical (unpaired) electrons. The number of carbonyl (C=O) groups excluding carboxylic acids is 2. The van der Waals surface area contributed by atoms with Crippen LogP contribution in [0, 0.1) is 0 Å². The Hall–Kier alpha value is -3.80. The summed E-state index contributed by atoms with van der Waals surface area (Å²) in [6.07, 6.45) is 4.50. The molecule has 11 nitrogen and oxygen atoms in total. The predicted molar refractivity (Wildman–Crippen MR) is 174 cm³/mol. The fourth-order valence-corrected chi connectivity index (χ4v) is 6.47. The Morgan fingerprint density at radius 3 is 2.56 bits per heavy atom. The third-order valence-corrected chi connectivity index (χ3v) is 9.50. The molecule has 6 rings (SSSR count). The van der Waals surface area contributed by atoms with Crippen molar-refractivity contribution < 1.29 is 14.7 Å². The normalized spacial score (nSPS) is 21.8. The third-order valence-electron chi connectivity index (χ3n) is 9.22. The fraction of sp³-hybridized carbons (Fsp3) is 0.485. The highest BCUT2D eigenvalue weighted by atomic mass is 35.5. The van der Waals surface area contributed by atoms with Gasteiger partial charge in [0.1, 0.15) is 11.9 Å². The first kappa shape index (κ1) is 31.2. The minimum atomic E-state index is -0.677. The van der Waals surface area contributed by atoms with Gasteiger partial charge in [-0.25, -0.2) is 15.0 Å². The summed E-state index contributed by atoms with van der Waals surface area (Å²) in [7, 11) is 2.12. The van der Waals surface area contributed by atoms with Crippen LogP contribution < -0.4 is 15.5 Å². The molecule has 238 valence electrons. The van der Waals surface area contributed by atoms with Gasteiger partial charge in [-0.2, -0.15) is 0 Å². The summed E-state index contributed by atoms with van der Waals surface area (Å²) in [5.74, 6) is 0.936. The maximum atomic E-state index is 13.6. The highest BCUT2D eigenvalue weighted by molar-refractivity contribution is 6.33. The van der Waals surface area contributed by atoms with Crippen LogP contribution in [-0.4, -0.2) is 93.1 Å². The molecule has 3 N–H and O–H groups in total. The number of aromatic nitrogens is 3. The lowest BCUT2D eigenvalue weighted by atomic mass is 9.93. The van der Waals surface area contributed by atoms with Crippen LogP contribution in [0.15, 0.2) is 42.6 Å². The van der Waals surface area contributed by atoms with E-state index in [1.54, 1.807) is 24.1 Å². The second kappa shape index (κ2) is 13.3. The molecule has 1 saturated heterocycles. The van der Waals surface area contributed by atoms with Gasteiger partial charge < -0.3 is 30.4 Å². The molecule has 1 aromatic carbocycles. The Balaban J connectivity index is 1.11. The molecule has 1 aliphatic carbocycles. The van der Waals surface area contributed by atoms with Crippen molar-refractivity contribution in [3.63, 3.8) is 0 Å². The van der Waals surface area contributed by atoms with Gasteiger partial charge in [0.15, 0.2) is 0 Å². The van der Waals surface area contributed by atoms with Gasteiger partial charge in [-0.1, -0.05) is 29.8 Å². The summed E-state index contributed by atoms with van der Waals surface area (Å²) in [5, 5.41) is 16.6. The number of aliphatic hydroxyl groups excluding tert-OH is 1. The Morgan fingerprint density at radius 2 is 1.80 bits per heavy atom. The van der Waals surface area contributed by atoms with Crippen LogP contribution in [0.1, 0.15) is 67.2 Å². The quantitative estimate of drug-likeness (QED) is 0.339. The molecule has 0 bridgehead atoms. The van der Waals surface area contributed by atoms with E-state index in [0.717, 1.165) is 68.9 Å². The van der Waals surface area contributed by atoms with Crippen molar-refractivity contribution >= 4 is 35.2 Å². The number of aliphatic hydroxyl groups is 1. The van der Waals surface area contributed by atoms with E-state index >= 15 is 0 Å². The van der Waals surface area contributed by atoms with Crippen molar-refractivity contribution in [1.82, 2.24) is 30.1 Å². The van der Waals surface area contributed by atoms with Crippen LogP contribution in [0.4, 0.5) is 11.8 Å². The number of rotatable bonds is 8. The van der Waals surface area contributed by atoms with Gasteiger partial charge in [0.2, 0.25) is 11.9 Å². The van der Waals surface area contributed by atoms with Crippen molar-refractivity contribution in [1.29, 1.82) is 0 Å². The summed E-state index contributed by atoms with van der Waals surface area (Å²) < 4.78 is 0. The van der Waals surface area contributed by atoms with Gasteiger partial charge in [0.05, 0.1) is 34.8 Å². The highest BCUT2D eigenvalue weighted by Gasteiger charge is 2.35. The largest absolute Gasteiger partial charge is 0.393 e. The molecule has 2 aliphatic heterocycles. The Bertz CT molecular complexity index is 1550. The molecule has 1 saturated carbocycles. The van der Waals surface area contributed by atoms with Crippen molar-refractivity contribution in [2.45, 2.75) is 70.3 Å². The van der Waals surface area contributed by atoms with Crippen molar-refractivity contribution in [3.8, 4) is 11.3 Å². The third kappa shape index (κ3) is 6.90. The second-order valence-electron chi connectivity index (χ2n) is 12.5. The second-order valence-corrected chi connectivity index (χ2v) is 12.9. The van der Waals surface area contributed by atoms with Crippen LogP contribution in [0.2, 0.25) is 5.02 Å². The summed E-state index contributed by atoms with van der Waals surface area (Å²) in [4.78, 5) is 47.0. The first-order chi connectivity index (χ1) is 21.7. The van der Waals surface area contributed by atoms with E-state index in [-0.39, 0.29) is 30.0 Å². The highest BCUT2D eigenvalue weighted by Crippen LogP contribution is 2.33. The molecule has 2 aromatic heterocycles. The number of fused-ring (bicyclic) bond motifs is 1. The summed E-state index contributed by atoms with van der Waals surface area (Å²) in [6, 6.07) is 10.7. The van der Waals surface area contributed by atoms with E-state index in [9.17, 15) is 14.7 Å². The smallest absolute Gasteiger partial charge is 0.255 e. The van der Waals surface area contributed by atoms with E-state index in [4.69, 9.17) is 16.6 Å². The maximum Gasteiger partial charge on any atom is 0.255 e. The number of hydrogen-bond acceptors (Lipinski definition) is 9. The topological polar surface area (TPSA) is 127 Å². The zero-order valence-corrected chi connectivity index (χ0v) is 26.8. The number of halogens is 1. The first-order valence-corrected chi connectivity index (χ1v) is 16.2. The molecule has 12 heteroatoms. The number of anilines is 2. The number of nitrogens with one attached hydrogen (secondary N) is 2. The van der Waals surface area contributed by atoms with Crippen LogP contribution >= 0.6 is 11.6 Å². The summed E-state index contributed by atoms with van der Waals surface area (Å²) >= 11 is 6.52. The summed E-state index contributed by atoms with van der Waals surface area (Å²) in [5.41, 5.74) is 3.40. The van der Waals surface area contributed by atoms with Gasteiger partial charge in [0, 0.05) is 49.9 Å². The standard InChI is InChI=1S/C33H41ClN8O3/c1-20(28-5-4-6-29(38-28)41-15-13-40(3)14-16-41)36-31(44)21(2)42-19-23-8-7-22(17-26(23)32(42)45)30-27(34)18-35-33(39-30)37-24-9-11-25(43)12-10-24/h4-8,17-18,20-21,24-25,43H,9-16,19H2,1-3H3,(H,36,44)(H,35,37,39)/t20?,21?,24-,25-. The molecule has 2 amide bonds. The number of hydrogen-bond donors (Lipinski definition) is 3. The van der Waals surface area contributed by atoms with Crippen LogP contribution in [-0.2, 0) is 11.3 Å². The maximum absolute atomic E-state index is 13.6. The number of nitrogens with zero attached hydrogens (tertiary/aromatic N) is 6. The van der Waals surface area contributed by atoms with Crippen LogP contribution in [0.3, 0.4) is 0 Å². The van der Waals surface area contributed by atoms with Crippen molar-refractivity contribution in [2.75, 3.05) is 43.4 Å². The van der Waals surface area contributed by atoms with Gasteiger partial charge >= 0.3 is 0 Å². The van der Waals surface area contributed by atoms with Gasteiger partial charge in [-0.3, -0.25) is 9.59 Å². The number of benzene rings is 1. The van der Waals surface area contributed by atoms with Gasteiger partial charge in [0.25, 0.3) is 5.91 Å². The molecule has 2 atom stereocenters. The fourth-order valence-electron chi connectivity index (χ4n) is 6.27. The first-order valence-electron chi connectivity index (χ1n) is 15.8. The van der Waals surface area contributed by atoms with Crippen molar-refractivity contribution in [2.24, 2.45) is 0 Å². The molecule has 3 aromatic rings. The number of amides is 2. The van der Waals surface area contributed by atoms with Gasteiger partial charge in [-0.05, 0) is 70.3 Å². The van der Waals surface area contributed by atoms with Crippen molar-refractivity contribution in [3.05, 3.63) is 64.4 Å². The zero-order chi connectivity index (χ0) is 31.7. The Labute approximate surface area is 269 Å². The number of likely N-dealkylation sites (N-methyl/N-ethyl adjacent to an activating group) is 1. The number of pyridine rings is 1. The molecule has 4 heterocycles. The minimum absolute atomic E-state index is 0.185. The minimum Gasteiger partial charge on any atom is -0.393 e. The zero-order valence-electron chi connectivity index (χ0n) is 26.0. The predicted octanol–water partition coefficient (Wildman–Crippen LogP) is 3.88. The van der Waals surface area contributed by atoms with E-state index in [2.05, 4.69) is 37.4 Å². The molecule has 3 aliphatic rings. The van der Waals surface area contributed by atoms with Crippen LogP contribution in [0.5, 0.6) is 0 Å². The molecule has 45 heavy (non-hydrogen) atoms. The number of piperazine rings is 1. The van der Waals surface area contributed by atoms with E-state index in [1.807, 2.05) is 37.3 Å². The molecular weight excluding hydrogens is 592 g/mol. The van der Waals surface area contributed by atoms with Crippen LogP contribution in [0.25, 0.3) is 11.3 Å². The Morgan fingerprint density at radius 1 is 1.04 bits per heavy atom. The van der Waals surface area contributed by atoms with E-state index in [0.29, 0.717) is 34.3 Å². The SMILES string of the molecule is CC(NC(=O)C(C)N1Cc2ccc(-c3nc(N[C@H]4CC[C@H](O)CC4)ncc3Cl)cc2C1=O)c1cccc(N2CCN(C)CC2)n1. The molecule has 0 spiro atoms. The number of carbonyl (C=O) groups is 2. The lowest BCUT2D eigenvalue weighted by molar-refractivity contribution is -0.125. The monoisotopic (exact) mass is 632 g/mol. The average molecular weight is 633 g/mol. The lowest BCUT2D eigenvalue weighted by Crippen LogP contribution is -2.46. The lowest BCUT2D eigenvalue weighted by Gasteiger charge is -2.33. The van der Waals surface area contributed by atoms with E-state index in [1.165, 1.54) is 0 Å². The Kier molecular flexibility index (Phi) is 9.21. The molecule has 2 unspecified atom stereocenters. The molecular formula is C33H41ClN8O3. The molecule has 2 fully saturated rings. The van der Waals surface area contributed by atoms with E-state index < -0.39 is 6.04 Å².